The van der Waals surface area contributed by atoms with Gasteiger partial charge in [-0.1, -0.05) is 55.8 Å². The molecule has 98 valence electrons. The minimum Gasteiger partial charge on any atom is -0.491 e. The summed E-state index contributed by atoms with van der Waals surface area (Å²) in [6, 6.07) is 18.0. The van der Waals surface area contributed by atoms with Gasteiger partial charge in [0.15, 0.2) is 0 Å². The molecule has 0 N–H and O–H groups in total. The van der Waals surface area contributed by atoms with E-state index in [1.54, 1.807) is 0 Å². The number of hydrogen-bond donors (Lipinski definition) is 0. The zero-order valence-electron chi connectivity index (χ0n) is 11.3. The lowest BCUT2D eigenvalue weighted by atomic mass is 10.2. The van der Waals surface area contributed by atoms with Crippen molar-refractivity contribution in [2.75, 3.05) is 6.61 Å². The Labute approximate surface area is 114 Å². The van der Waals surface area contributed by atoms with Gasteiger partial charge in [0, 0.05) is 6.21 Å². The van der Waals surface area contributed by atoms with Gasteiger partial charge in [0.2, 0.25) is 0 Å². The summed E-state index contributed by atoms with van der Waals surface area (Å²) in [6.07, 6.45) is 4.06. The Morgan fingerprint density at radius 1 is 1.00 bits per heavy atom. The molecule has 0 radical (unpaired) electrons. The van der Waals surface area contributed by atoms with Gasteiger partial charge in [-0.3, -0.25) is 4.99 Å². The van der Waals surface area contributed by atoms with E-state index in [0.29, 0.717) is 0 Å². The molecule has 2 heteroatoms. The van der Waals surface area contributed by atoms with Crippen LogP contribution in [-0.4, -0.2) is 12.8 Å². The summed E-state index contributed by atoms with van der Waals surface area (Å²) in [5.74, 6) is 0.850. The molecule has 2 aromatic rings. The van der Waals surface area contributed by atoms with Gasteiger partial charge in [-0.25, -0.2) is 0 Å². The molecule has 0 aliphatic rings. The van der Waals surface area contributed by atoms with Crippen LogP contribution in [0.4, 0.5) is 5.69 Å². The number of benzene rings is 2. The molecule has 0 aromatic heterocycles. The molecule has 0 bridgehead atoms. The third kappa shape index (κ3) is 4.25. The Hall–Kier alpha value is -2.09. The monoisotopic (exact) mass is 253 g/mol. The molecule has 0 aliphatic heterocycles. The van der Waals surface area contributed by atoms with E-state index in [2.05, 4.69) is 11.9 Å². The molecule has 2 aromatic carbocycles. The fraction of sp³-hybridized carbons (Fsp3) is 0.235. The van der Waals surface area contributed by atoms with Crippen molar-refractivity contribution >= 4 is 11.9 Å². The number of nitrogens with zero attached hydrogens (tertiary/aromatic N) is 1. The molecular weight excluding hydrogens is 234 g/mol. The van der Waals surface area contributed by atoms with Crippen molar-refractivity contribution in [2.45, 2.75) is 19.8 Å². The SMILES string of the molecule is CCCCOc1ccccc1/N=C/c1ccccc1. The summed E-state index contributed by atoms with van der Waals surface area (Å²) in [6.45, 7) is 2.90. The number of hydrogen-bond acceptors (Lipinski definition) is 2. The fourth-order valence-corrected chi connectivity index (χ4v) is 1.70. The Morgan fingerprint density at radius 3 is 2.53 bits per heavy atom. The van der Waals surface area contributed by atoms with Crippen molar-refractivity contribution in [3.05, 3.63) is 60.2 Å². The van der Waals surface area contributed by atoms with Crippen LogP contribution in [0.3, 0.4) is 0 Å². The van der Waals surface area contributed by atoms with Crippen molar-refractivity contribution in [1.82, 2.24) is 0 Å². The highest BCUT2D eigenvalue weighted by Gasteiger charge is 2.00. The summed E-state index contributed by atoms with van der Waals surface area (Å²) in [5, 5.41) is 0. The molecule has 0 aliphatic carbocycles. The van der Waals surface area contributed by atoms with Crippen molar-refractivity contribution in [3.8, 4) is 5.75 Å². The van der Waals surface area contributed by atoms with Gasteiger partial charge in [-0.05, 0) is 24.1 Å². The molecule has 2 nitrogen and oxygen atoms in total. The van der Waals surface area contributed by atoms with E-state index in [0.717, 1.165) is 36.4 Å². The molecule has 0 saturated heterocycles. The van der Waals surface area contributed by atoms with Crippen molar-refractivity contribution in [2.24, 2.45) is 4.99 Å². The zero-order chi connectivity index (χ0) is 13.3. The standard InChI is InChI=1S/C17H19NO/c1-2-3-13-19-17-12-8-7-11-16(17)18-14-15-9-5-4-6-10-15/h4-12,14H,2-3,13H2,1H3/b18-14+. The first-order chi connectivity index (χ1) is 9.40. The maximum Gasteiger partial charge on any atom is 0.144 e. The van der Waals surface area contributed by atoms with E-state index >= 15 is 0 Å². The second-order valence-corrected chi connectivity index (χ2v) is 4.34. The first kappa shape index (κ1) is 13.3. The smallest absolute Gasteiger partial charge is 0.144 e. The molecule has 2 rings (SSSR count). The lowest BCUT2D eigenvalue weighted by Gasteiger charge is -2.07. The number of aliphatic imine (C=N–C) groups is 1. The third-order valence-electron chi connectivity index (χ3n) is 2.77. The Balaban J connectivity index is 2.09. The van der Waals surface area contributed by atoms with Crippen molar-refractivity contribution < 1.29 is 4.74 Å². The molecule has 0 unspecified atom stereocenters. The summed E-state index contributed by atoms with van der Waals surface area (Å²) in [5.41, 5.74) is 1.97. The first-order valence-corrected chi connectivity index (χ1v) is 6.71. The van der Waals surface area contributed by atoms with E-state index in [9.17, 15) is 0 Å². The van der Waals surface area contributed by atoms with Crippen LogP contribution in [-0.2, 0) is 0 Å². The number of unbranched alkanes of at least 4 members (excludes halogenated alkanes) is 1. The van der Waals surface area contributed by atoms with E-state index < -0.39 is 0 Å². The molecule has 19 heavy (non-hydrogen) atoms. The van der Waals surface area contributed by atoms with Gasteiger partial charge in [-0.15, -0.1) is 0 Å². The highest BCUT2D eigenvalue weighted by Crippen LogP contribution is 2.26. The maximum atomic E-state index is 5.75. The number of para-hydroxylation sites is 2. The minimum atomic E-state index is 0.744. The van der Waals surface area contributed by atoms with Gasteiger partial charge in [0.25, 0.3) is 0 Å². The Bertz CT molecular complexity index is 520. The first-order valence-electron chi connectivity index (χ1n) is 6.71. The topological polar surface area (TPSA) is 21.6 Å². The number of rotatable bonds is 6. The summed E-state index contributed by atoms with van der Waals surface area (Å²) >= 11 is 0. The highest BCUT2D eigenvalue weighted by molar-refractivity contribution is 5.82. The maximum absolute atomic E-state index is 5.75. The quantitative estimate of drug-likeness (QED) is 0.544. The van der Waals surface area contributed by atoms with Gasteiger partial charge in [0.05, 0.1) is 6.61 Å². The molecule has 0 amide bonds. The van der Waals surface area contributed by atoms with Crippen LogP contribution in [0.15, 0.2) is 59.6 Å². The van der Waals surface area contributed by atoms with Crippen LogP contribution in [0.5, 0.6) is 5.75 Å². The van der Waals surface area contributed by atoms with Gasteiger partial charge in [0.1, 0.15) is 11.4 Å². The lowest BCUT2D eigenvalue weighted by molar-refractivity contribution is 0.310. The summed E-state index contributed by atoms with van der Waals surface area (Å²) < 4.78 is 5.75. The molecule has 0 saturated carbocycles. The highest BCUT2D eigenvalue weighted by atomic mass is 16.5. The largest absolute Gasteiger partial charge is 0.491 e. The van der Waals surface area contributed by atoms with Crippen LogP contribution in [0, 0.1) is 0 Å². The normalized spacial score (nSPS) is 10.8. The molecule has 0 heterocycles. The lowest BCUT2D eigenvalue weighted by Crippen LogP contribution is -1.96. The molecule has 0 spiro atoms. The van der Waals surface area contributed by atoms with E-state index in [1.807, 2.05) is 60.8 Å². The molecular formula is C17H19NO. The van der Waals surface area contributed by atoms with Crippen LogP contribution < -0.4 is 4.74 Å². The molecule has 0 atom stereocenters. The second kappa shape index (κ2) is 7.37. The Morgan fingerprint density at radius 2 is 1.74 bits per heavy atom. The second-order valence-electron chi connectivity index (χ2n) is 4.34. The molecule has 0 fully saturated rings. The number of ether oxygens (including phenoxy) is 1. The van der Waals surface area contributed by atoms with Crippen LogP contribution in [0.1, 0.15) is 25.3 Å². The summed E-state index contributed by atoms with van der Waals surface area (Å²) in [4.78, 5) is 4.51. The van der Waals surface area contributed by atoms with Crippen molar-refractivity contribution in [3.63, 3.8) is 0 Å². The van der Waals surface area contributed by atoms with E-state index in [4.69, 9.17) is 4.74 Å². The van der Waals surface area contributed by atoms with Crippen LogP contribution in [0.2, 0.25) is 0 Å². The average Bonchev–Trinajstić information content (AvgIpc) is 2.48. The average molecular weight is 253 g/mol. The predicted octanol–water partition coefficient (Wildman–Crippen LogP) is 4.62. The van der Waals surface area contributed by atoms with Crippen LogP contribution >= 0.6 is 0 Å². The van der Waals surface area contributed by atoms with Gasteiger partial charge < -0.3 is 4.74 Å². The Kier molecular flexibility index (Phi) is 5.17. The third-order valence-corrected chi connectivity index (χ3v) is 2.77. The fourth-order valence-electron chi connectivity index (χ4n) is 1.70. The van der Waals surface area contributed by atoms with E-state index in [-0.39, 0.29) is 0 Å². The van der Waals surface area contributed by atoms with Crippen molar-refractivity contribution in [1.29, 1.82) is 0 Å². The van der Waals surface area contributed by atoms with Gasteiger partial charge in [-0.2, -0.15) is 0 Å². The minimum absolute atomic E-state index is 0.744. The zero-order valence-corrected chi connectivity index (χ0v) is 11.3. The summed E-state index contributed by atoms with van der Waals surface area (Å²) in [7, 11) is 0. The van der Waals surface area contributed by atoms with E-state index in [1.165, 1.54) is 0 Å². The van der Waals surface area contributed by atoms with Gasteiger partial charge >= 0.3 is 0 Å². The van der Waals surface area contributed by atoms with Crippen LogP contribution in [0.25, 0.3) is 0 Å². The predicted molar refractivity (Wildman–Crippen MR) is 80.5 cm³/mol.